The highest BCUT2D eigenvalue weighted by Gasteiger charge is 2.45. The van der Waals surface area contributed by atoms with Crippen LogP contribution >= 0.6 is 11.6 Å². The van der Waals surface area contributed by atoms with Gasteiger partial charge in [-0.15, -0.1) is 0 Å². The molecule has 2 aliphatic heterocycles. The number of fused-ring (bicyclic) bond motifs is 3. The summed E-state index contributed by atoms with van der Waals surface area (Å²) in [6, 6.07) is 7.53. The number of carbonyl (C=O) groups excluding carboxylic acids is 1. The van der Waals surface area contributed by atoms with Gasteiger partial charge in [0.1, 0.15) is 11.4 Å². The Bertz CT molecular complexity index is 1190. The number of hydrogen-bond acceptors (Lipinski definition) is 8. The number of methoxy groups -OCH3 is 1. The van der Waals surface area contributed by atoms with Crippen molar-refractivity contribution in [2.45, 2.75) is 51.3 Å². The second kappa shape index (κ2) is 8.06. The van der Waals surface area contributed by atoms with E-state index in [1.807, 2.05) is 49.9 Å². The maximum atomic E-state index is 12.8. The van der Waals surface area contributed by atoms with Gasteiger partial charge in [0, 0.05) is 18.7 Å². The van der Waals surface area contributed by atoms with E-state index in [0.29, 0.717) is 41.8 Å². The van der Waals surface area contributed by atoms with Crippen molar-refractivity contribution in [3.63, 3.8) is 0 Å². The lowest BCUT2D eigenvalue weighted by Gasteiger charge is -2.41. The summed E-state index contributed by atoms with van der Waals surface area (Å²) in [7, 11) is 1.61. The third kappa shape index (κ3) is 4.17. The zero-order chi connectivity index (χ0) is 23.3. The molecule has 4 heterocycles. The molecule has 0 saturated carbocycles. The molecule has 10 heteroatoms. The Morgan fingerprint density at radius 3 is 2.55 bits per heavy atom. The van der Waals surface area contributed by atoms with Crippen LogP contribution < -0.4 is 9.64 Å². The first-order valence-electron chi connectivity index (χ1n) is 11.0. The number of rotatable bonds is 3. The quantitative estimate of drug-likeness (QED) is 0.514. The molecule has 2 aliphatic rings. The minimum absolute atomic E-state index is 0.0344. The first kappa shape index (κ1) is 21.8. The van der Waals surface area contributed by atoms with Crippen LogP contribution in [0.5, 0.6) is 5.75 Å². The Hall–Kier alpha value is -3.07. The molecule has 1 aromatic carbocycles. The predicted octanol–water partition coefficient (Wildman–Crippen LogP) is 4.53. The average Bonchev–Trinajstić information content (AvgIpc) is 3.30. The van der Waals surface area contributed by atoms with Gasteiger partial charge in [-0.3, -0.25) is 4.90 Å². The molecule has 2 atom stereocenters. The van der Waals surface area contributed by atoms with Crippen molar-refractivity contribution < 1.29 is 18.7 Å². The van der Waals surface area contributed by atoms with E-state index in [4.69, 9.17) is 30.5 Å². The number of halogens is 1. The van der Waals surface area contributed by atoms with Crippen molar-refractivity contribution >= 4 is 34.7 Å². The normalized spacial score (nSPS) is 20.4. The van der Waals surface area contributed by atoms with Gasteiger partial charge in [-0.05, 0) is 63.4 Å². The second-order valence-electron chi connectivity index (χ2n) is 9.40. The second-order valence-corrected chi connectivity index (χ2v) is 9.74. The van der Waals surface area contributed by atoms with Crippen LogP contribution in [0.4, 0.5) is 10.6 Å². The predicted molar refractivity (Wildman–Crippen MR) is 124 cm³/mol. The Labute approximate surface area is 196 Å². The molecule has 2 unspecified atom stereocenters. The molecule has 0 N–H and O–H groups in total. The summed E-state index contributed by atoms with van der Waals surface area (Å²) in [5, 5.41) is 0.0905. The third-order valence-electron chi connectivity index (χ3n) is 5.92. The highest BCUT2D eigenvalue weighted by molar-refractivity contribution is 6.28. The minimum Gasteiger partial charge on any atom is -0.497 e. The van der Waals surface area contributed by atoms with Gasteiger partial charge < -0.3 is 18.8 Å². The van der Waals surface area contributed by atoms with Gasteiger partial charge in [0.15, 0.2) is 11.3 Å². The topological polar surface area (TPSA) is 93.8 Å². The number of nitrogens with zero attached hydrogens (tertiary/aromatic N) is 5. The van der Waals surface area contributed by atoms with Crippen molar-refractivity contribution in [3.05, 3.63) is 29.5 Å². The van der Waals surface area contributed by atoms with Gasteiger partial charge in [0.25, 0.3) is 5.71 Å². The van der Waals surface area contributed by atoms with Crippen LogP contribution in [-0.2, 0) is 4.74 Å². The summed E-state index contributed by atoms with van der Waals surface area (Å²) < 4.78 is 16.9. The summed E-state index contributed by atoms with van der Waals surface area (Å²) in [5.41, 5.74) is 1.10. The smallest absolute Gasteiger partial charge is 0.410 e. The van der Waals surface area contributed by atoms with Crippen LogP contribution in [-0.4, -0.2) is 63.8 Å². The number of anilines is 1. The van der Waals surface area contributed by atoms with Crippen molar-refractivity contribution in [1.82, 2.24) is 19.9 Å². The number of ether oxygens (including phenoxy) is 2. The first-order valence-corrected chi connectivity index (χ1v) is 11.3. The molecule has 0 radical (unpaired) electrons. The van der Waals surface area contributed by atoms with Crippen LogP contribution in [0.3, 0.4) is 0 Å². The molecule has 1 amide bonds. The number of aromatic nitrogens is 3. The van der Waals surface area contributed by atoms with E-state index in [1.165, 1.54) is 0 Å². The standard InChI is InChI=1S/C23H26ClN5O4/c1-23(2,3)33-22(30)29-14-8-9-15(29)12-28(11-14)18-17-20(27-21(24)26-18)32-19(25-17)13-6-5-7-16(10-13)31-4/h5-7,10,14-15H,8-9,11-12H2,1-4H3. The molecule has 0 aliphatic carbocycles. The van der Waals surface area contributed by atoms with Crippen molar-refractivity contribution in [2.24, 2.45) is 0 Å². The zero-order valence-corrected chi connectivity index (χ0v) is 19.8. The number of carbonyl (C=O) groups is 1. The molecular formula is C23H26ClN5O4. The highest BCUT2D eigenvalue weighted by atomic mass is 35.5. The van der Waals surface area contributed by atoms with Crippen molar-refractivity contribution in [2.75, 3.05) is 25.1 Å². The lowest BCUT2D eigenvalue weighted by molar-refractivity contribution is 0.0123. The molecule has 2 bridgehead atoms. The van der Waals surface area contributed by atoms with Gasteiger partial charge in [-0.25, -0.2) is 9.78 Å². The fourth-order valence-corrected chi connectivity index (χ4v) is 4.73. The largest absolute Gasteiger partial charge is 0.497 e. The third-order valence-corrected chi connectivity index (χ3v) is 6.08. The number of hydrogen-bond donors (Lipinski definition) is 0. The van der Waals surface area contributed by atoms with Crippen LogP contribution in [0.2, 0.25) is 5.28 Å². The summed E-state index contributed by atoms with van der Waals surface area (Å²) in [5.74, 6) is 1.73. The molecule has 5 rings (SSSR count). The highest BCUT2D eigenvalue weighted by Crippen LogP contribution is 2.37. The van der Waals surface area contributed by atoms with Crippen molar-refractivity contribution in [1.29, 1.82) is 0 Å². The van der Waals surface area contributed by atoms with Crippen LogP contribution in [0.25, 0.3) is 22.7 Å². The Morgan fingerprint density at radius 1 is 1.15 bits per heavy atom. The zero-order valence-electron chi connectivity index (χ0n) is 19.0. The molecule has 174 valence electrons. The Balaban J connectivity index is 1.46. The number of piperazine rings is 1. The lowest BCUT2D eigenvalue weighted by Crippen LogP contribution is -2.57. The minimum atomic E-state index is -0.531. The molecule has 3 aromatic rings. The maximum Gasteiger partial charge on any atom is 0.410 e. The van der Waals surface area contributed by atoms with E-state index in [2.05, 4.69) is 14.9 Å². The number of benzene rings is 1. The molecular weight excluding hydrogens is 446 g/mol. The van der Waals surface area contributed by atoms with Gasteiger partial charge in [-0.1, -0.05) is 6.07 Å². The monoisotopic (exact) mass is 471 g/mol. The van der Waals surface area contributed by atoms with Gasteiger partial charge in [0.2, 0.25) is 11.2 Å². The maximum absolute atomic E-state index is 12.8. The van der Waals surface area contributed by atoms with E-state index < -0.39 is 5.60 Å². The molecule has 33 heavy (non-hydrogen) atoms. The Morgan fingerprint density at radius 2 is 1.88 bits per heavy atom. The fraction of sp³-hybridized carbons (Fsp3) is 0.478. The molecule has 2 fully saturated rings. The van der Waals surface area contributed by atoms with Crippen molar-refractivity contribution in [3.8, 4) is 17.2 Å². The average molecular weight is 472 g/mol. The molecule has 0 spiro atoms. The van der Waals surface area contributed by atoms with Crippen LogP contribution in [0.1, 0.15) is 33.6 Å². The number of amides is 1. The van der Waals surface area contributed by atoms with E-state index in [0.717, 1.165) is 18.4 Å². The van der Waals surface area contributed by atoms with Gasteiger partial charge in [-0.2, -0.15) is 9.97 Å². The van der Waals surface area contributed by atoms with Crippen LogP contribution in [0.15, 0.2) is 28.7 Å². The Kier molecular flexibility index (Phi) is 5.31. The van der Waals surface area contributed by atoms with E-state index in [-0.39, 0.29) is 23.5 Å². The molecule has 2 saturated heterocycles. The summed E-state index contributed by atoms with van der Waals surface area (Å²) in [4.78, 5) is 30.2. The van der Waals surface area contributed by atoms with E-state index in [9.17, 15) is 4.79 Å². The summed E-state index contributed by atoms with van der Waals surface area (Å²) >= 11 is 6.24. The molecule has 2 aromatic heterocycles. The molecule has 9 nitrogen and oxygen atoms in total. The SMILES string of the molecule is COc1cccc(-c2nc3c(N4CC5CCC(C4)N5C(=O)OC(C)(C)C)nc(Cl)nc3o2)c1. The van der Waals surface area contributed by atoms with Crippen LogP contribution in [0, 0.1) is 0 Å². The van der Waals surface area contributed by atoms with E-state index >= 15 is 0 Å². The summed E-state index contributed by atoms with van der Waals surface area (Å²) in [6.07, 6.45) is 1.56. The lowest BCUT2D eigenvalue weighted by atomic mass is 10.2. The number of oxazole rings is 1. The van der Waals surface area contributed by atoms with E-state index in [1.54, 1.807) is 7.11 Å². The van der Waals surface area contributed by atoms with Gasteiger partial charge in [0.05, 0.1) is 19.2 Å². The fourth-order valence-electron chi connectivity index (χ4n) is 4.57. The summed E-state index contributed by atoms with van der Waals surface area (Å²) in [6.45, 7) is 6.87. The van der Waals surface area contributed by atoms with Gasteiger partial charge >= 0.3 is 6.09 Å². The first-order chi connectivity index (χ1) is 15.7.